The second kappa shape index (κ2) is 7.78. The Balaban J connectivity index is 1.33. The van der Waals surface area contributed by atoms with Crippen molar-refractivity contribution in [2.75, 3.05) is 55.7 Å². The maximum Gasteiger partial charge on any atom is 0.228 e. The quantitative estimate of drug-likeness (QED) is 0.816. The van der Waals surface area contributed by atoms with Crippen molar-refractivity contribution in [3.8, 4) is 0 Å². The average molecular weight is 359 g/mol. The number of rotatable bonds is 3. The third kappa shape index (κ3) is 3.63. The molecule has 1 amide bonds. The van der Waals surface area contributed by atoms with Gasteiger partial charge in [0.15, 0.2) is 11.6 Å². The van der Waals surface area contributed by atoms with Crippen LogP contribution in [0, 0.1) is 5.92 Å². The van der Waals surface area contributed by atoms with Gasteiger partial charge in [0.1, 0.15) is 0 Å². The Labute approximate surface area is 155 Å². The Morgan fingerprint density at radius 1 is 1.04 bits per heavy atom. The number of amides is 1. The molecule has 1 aromatic heterocycles. The van der Waals surface area contributed by atoms with Gasteiger partial charge in [-0.3, -0.25) is 4.79 Å². The van der Waals surface area contributed by atoms with Gasteiger partial charge in [-0.25, -0.2) is 0 Å². The number of carbonyl (C=O) groups is 1. The zero-order chi connectivity index (χ0) is 17.9. The van der Waals surface area contributed by atoms with Crippen LogP contribution < -0.4 is 9.80 Å². The topological polar surface area (TPSA) is 61.8 Å². The molecule has 3 aliphatic heterocycles. The van der Waals surface area contributed by atoms with Gasteiger partial charge < -0.3 is 19.4 Å². The first kappa shape index (κ1) is 17.5. The highest BCUT2D eigenvalue weighted by molar-refractivity contribution is 5.79. The van der Waals surface area contributed by atoms with Crippen molar-refractivity contribution in [1.29, 1.82) is 0 Å². The predicted molar refractivity (Wildman–Crippen MR) is 100 cm³/mol. The molecule has 2 atom stereocenters. The first-order valence-electron chi connectivity index (χ1n) is 9.94. The van der Waals surface area contributed by atoms with Gasteiger partial charge in [-0.15, -0.1) is 10.2 Å². The van der Waals surface area contributed by atoms with Crippen molar-refractivity contribution < 1.29 is 9.53 Å². The average Bonchev–Trinajstić information content (AvgIpc) is 3.23. The van der Waals surface area contributed by atoms with Crippen LogP contribution in [0.15, 0.2) is 12.1 Å². The standard InChI is InChI=1S/C19H29N5O2/c1-15-4-2-3-8-24(15)18-6-5-17(20-21-18)22-9-11-23(12-10-22)19(25)16-7-13-26-14-16/h5-6,15-16H,2-4,7-14H2,1H3. The molecule has 3 saturated heterocycles. The van der Waals surface area contributed by atoms with E-state index < -0.39 is 0 Å². The zero-order valence-electron chi connectivity index (χ0n) is 15.6. The van der Waals surface area contributed by atoms with Crippen molar-refractivity contribution in [2.45, 2.75) is 38.6 Å². The lowest BCUT2D eigenvalue weighted by atomic mass is 10.0. The molecule has 1 aromatic rings. The number of hydrogen-bond acceptors (Lipinski definition) is 6. The molecule has 26 heavy (non-hydrogen) atoms. The lowest BCUT2D eigenvalue weighted by Gasteiger charge is -2.37. The molecular formula is C19H29N5O2. The molecular weight excluding hydrogens is 330 g/mol. The summed E-state index contributed by atoms with van der Waals surface area (Å²) >= 11 is 0. The van der Waals surface area contributed by atoms with E-state index in [2.05, 4.69) is 39.1 Å². The maximum atomic E-state index is 12.5. The van der Waals surface area contributed by atoms with Crippen molar-refractivity contribution >= 4 is 17.5 Å². The fourth-order valence-corrected chi connectivity index (χ4v) is 4.22. The van der Waals surface area contributed by atoms with Crippen LogP contribution in [0.4, 0.5) is 11.6 Å². The number of nitrogens with zero attached hydrogens (tertiary/aromatic N) is 5. The van der Waals surface area contributed by atoms with Gasteiger partial charge in [-0.2, -0.15) is 0 Å². The molecule has 0 saturated carbocycles. The lowest BCUT2D eigenvalue weighted by molar-refractivity contribution is -0.135. The first-order valence-corrected chi connectivity index (χ1v) is 9.94. The number of piperazine rings is 1. The summed E-state index contributed by atoms with van der Waals surface area (Å²) in [5.41, 5.74) is 0. The number of hydrogen-bond donors (Lipinski definition) is 0. The smallest absolute Gasteiger partial charge is 0.228 e. The Morgan fingerprint density at radius 2 is 1.81 bits per heavy atom. The van der Waals surface area contributed by atoms with Crippen LogP contribution in [0.5, 0.6) is 0 Å². The number of ether oxygens (including phenoxy) is 1. The Morgan fingerprint density at radius 3 is 2.46 bits per heavy atom. The number of anilines is 2. The minimum absolute atomic E-state index is 0.0622. The van der Waals surface area contributed by atoms with E-state index in [-0.39, 0.29) is 11.8 Å². The van der Waals surface area contributed by atoms with E-state index in [0.717, 1.165) is 50.8 Å². The lowest BCUT2D eigenvalue weighted by Crippen LogP contribution is -2.50. The number of carbonyl (C=O) groups excluding carboxylic acids is 1. The van der Waals surface area contributed by atoms with E-state index in [1.807, 2.05) is 4.90 Å². The molecule has 0 spiro atoms. The third-order valence-electron chi connectivity index (χ3n) is 5.93. The molecule has 0 N–H and O–H groups in total. The Hall–Kier alpha value is -1.89. The third-order valence-corrected chi connectivity index (χ3v) is 5.93. The van der Waals surface area contributed by atoms with Crippen LogP contribution >= 0.6 is 0 Å². The van der Waals surface area contributed by atoms with Crippen LogP contribution in [0.1, 0.15) is 32.6 Å². The molecule has 0 bridgehead atoms. The second-order valence-corrected chi connectivity index (χ2v) is 7.66. The van der Waals surface area contributed by atoms with E-state index in [1.165, 1.54) is 19.3 Å². The highest BCUT2D eigenvalue weighted by Crippen LogP contribution is 2.24. The molecule has 4 heterocycles. The SMILES string of the molecule is CC1CCCCN1c1ccc(N2CCN(C(=O)C3CCOC3)CC2)nn1. The summed E-state index contributed by atoms with van der Waals surface area (Å²) in [6, 6.07) is 4.71. The van der Waals surface area contributed by atoms with Crippen molar-refractivity contribution in [3.05, 3.63) is 12.1 Å². The maximum absolute atomic E-state index is 12.5. The van der Waals surface area contributed by atoms with Gasteiger partial charge in [0.05, 0.1) is 12.5 Å². The highest BCUT2D eigenvalue weighted by Gasteiger charge is 2.30. The molecule has 3 aliphatic rings. The molecule has 0 aromatic carbocycles. The first-order chi connectivity index (χ1) is 12.7. The normalized spacial score (nSPS) is 27.0. The second-order valence-electron chi connectivity index (χ2n) is 7.66. The monoisotopic (exact) mass is 359 g/mol. The van der Waals surface area contributed by atoms with E-state index >= 15 is 0 Å². The van der Waals surface area contributed by atoms with Crippen molar-refractivity contribution in [1.82, 2.24) is 15.1 Å². The number of aromatic nitrogens is 2. The van der Waals surface area contributed by atoms with Gasteiger partial charge in [0.2, 0.25) is 5.91 Å². The largest absolute Gasteiger partial charge is 0.381 e. The van der Waals surface area contributed by atoms with E-state index in [1.54, 1.807) is 0 Å². The molecule has 7 nitrogen and oxygen atoms in total. The van der Waals surface area contributed by atoms with Crippen LogP contribution in [0.2, 0.25) is 0 Å². The highest BCUT2D eigenvalue weighted by atomic mass is 16.5. The van der Waals surface area contributed by atoms with Crippen molar-refractivity contribution in [3.63, 3.8) is 0 Å². The van der Waals surface area contributed by atoms with E-state index in [0.29, 0.717) is 19.3 Å². The predicted octanol–water partition coefficient (Wildman–Crippen LogP) is 1.54. The summed E-state index contributed by atoms with van der Waals surface area (Å²) in [6.45, 7) is 7.76. The Kier molecular flexibility index (Phi) is 5.24. The van der Waals surface area contributed by atoms with Gasteiger partial charge in [-0.1, -0.05) is 0 Å². The summed E-state index contributed by atoms with van der Waals surface area (Å²) in [6.07, 6.45) is 4.63. The zero-order valence-corrected chi connectivity index (χ0v) is 15.6. The van der Waals surface area contributed by atoms with Crippen LogP contribution in [-0.4, -0.2) is 73.0 Å². The summed E-state index contributed by atoms with van der Waals surface area (Å²) in [5, 5.41) is 8.95. The minimum Gasteiger partial charge on any atom is -0.381 e. The molecule has 4 rings (SSSR count). The van der Waals surface area contributed by atoms with Gasteiger partial charge >= 0.3 is 0 Å². The molecule has 0 radical (unpaired) electrons. The molecule has 7 heteroatoms. The fraction of sp³-hybridized carbons (Fsp3) is 0.737. The van der Waals surface area contributed by atoms with Gasteiger partial charge in [-0.05, 0) is 44.7 Å². The molecule has 2 unspecified atom stereocenters. The van der Waals surface area contributed by atoms with Crippen LogP contribution in [0.25, 0.3) is 0 Å². The van der Waals surface area contributed by atoms with Gasteiger partial charge in [0, 0.05) is 45.4 Å². The van der Waals surface area contributed by atoms with E-state index in [4.69, 9.17) is 4.74 Å². The van der Waals surface area contributed by atoms with Crippen LogP contribution in [0.3, 0.4) is 0 Å². The summed E-state index contributed by atoms with van der Waals surface area (Å²) in [7, 11) is 0. The van der Waals surface area contributed by atoms with Crippen molar-refractivity contribution in [2.24, 2.45) is 5.92 Å². The Bertz CT molecular complexity index is 609. The molecule has 3 fully saturated rings. The van der Waals surface area contributed by atoms with E-state index in [9.17, 15) is 4.79 Å². The number of piperidine rings is 1. The molecule has 142 valence electrons. The molecule has 0 aliphatic carbocycles. The summed E-state index contributed by atoms with van der Waals surface area (Å²) < 4.78 is 5.35. The summed E-state index contributed by atoms with van der Waals surface area (Å²) in [4.78, 5) is 19.1. The van der Waals surface area contributed by atoms with Crippen LogP contribution in [-0.2, 0) is 9.53 Å². The van der Waals surface area contributed by atoms with Gasteiger partial charge in [0.25, 0.3) is 0 Å². The fourth-order valence-electron chi connectivity index (χ4n) is 4.22. The summed E-state index contributed by atoms with van der Waals surface area (Å²) in [5.74, 6) is 2.21. The minimum atomic E-state index is 0.0622.